The maximum atomic E-state index is 10.9. The van der Waals surface area contributed by atoms with Crippen LogP contribution in [0, 0.1) is 5.92 Å². The van der Waals surface area contributed by atoms with Gasteiger partial charge in [0.1, 0.15) is 5.78 Å². The molecule has 2 N–H and O–H groups in total. The van der Waals surface area contributed by atoms with Gasteiger partial charge in [-0.25, -0.2) is 0 Å². The molecule has 0 aromatic carbocycles. The number of hydrogen-bond acceptors (Lipinski definition) is 3. The van der Waals surface area contributed by atoms with Crippen LogP contribution in [0.1, 0.15) is 20.3 Å². The zero-order valence-electron chi connectivity index (χ0n) is 7.46. The van der Waals surface area contributed by atoms with Gasteiger partial charge in [0.25, 0.3) is 0 Å². The van der Waals surface area contributed by atoms with Crippen molar-refractivity contribution in [1.29, 1.82) is 0 Å². The summed E-state index contributed by atoms with van der Waals surface area (Å²) >= 11 is 0. The zero-order chi connectivity index (χ0) is 9.56. The Hall–Kier alpha value is -0.900. The van der Waals surface area contributed by atoms with E-state index in [0.29, 0.717) is 6.54 Å². The summed E-state index contributed by atoms with van der Waals surface area (Å²) in [5, 5.41) is 11.2. The molecule has 0 fully saturated rings. The molecule has 1 unspecified atom stereocenters. The fourth-order valence-electron chi connectivity index (χ4n) is 0.641. The molecule has 0 saturated heterocycles. The molecule has 0 bridgehead atoms. The Bertz CT molecular complexity index is 168. The smallest absolute Gasteiger partial charge is 0.227 e. The van der Waals surface area contributed by atoms with Gasteiger partial charge in [0.2, 0.25) is 5.91 Å². The molecule has 0 aliphatic carbocycles. The standard InChI is InChI=1S/C8H15NO3/c1-6(5-10)4-9-8(12)3-7(2)11/h6,10H,3-5H2,1-2H3,(H,9,12). The lowest BCUT2D eigenvalue weighted by Gasteiger charge is -2.08. The maximum Gasteiger partial charge on any atom is 0.227 e. The Morgan fingerprint density at radius 3 is 2.50 bits per heavy atom. The lowest BCUT2D eigenvalue weighted by Crippen LogP contribution is -2.30. The molecule has 0 radical (unpaired) electrons. The average molecular weight is 173 g/mol. The van der Waals surface area contributed by atoms with E-state index in [0.717, 1.165) is 0 Å². The van der Waals surface area contributed by atoms with Crippen molar-refractivity contribution in [3.63, 3.8) is 0 Å². The van der Waals surface area contributed by atoms with Gasteiger partial charge in [0.15, 0.2) is 0 Å². The quantitative estimate of drug-likeness (QED) is 0.561. The number of Topliss-reactive ketones (excluding diaryl/α,β-unsaturated/α-hetero) is 1. The van der Waals surface area contributed by atoms with Gasteiger partial charge in [0, 0.05) is 13.2 Å². The molecule has 0 heterocycles. The fourth-order valence-corrected chi connectivity index (χ4v) is 0.641. The number of nitrogens with one attached hydrogen (secondary N) is 1. The van der Waals surface area contributed by atoms with Gasteiger partial charge in [-0.15, -0.1) is 0 Å². The summed E-state index contributed by atoms with van der Waals surface area (Å²) < 4.78 is 0. The highest BCUT2D eigenvalue weighted by Crippen LogP contribution is 1.89. The van der Waals surface area contributed by atoms with E-state index in [1.165, 1.54) is 6.92 Å². The average Bonchev–Trinajstić information content (AvgIpc) is 1.99. The van der Waals surface area contributed by atoms with Crippen molar-refractivity contribution in [2.45, 2.75) is 20.3 Å². The molecule has 0 aromatic heterocycles. The first-order chi connectivity index (χ1) is 5.56. The van der Waals surface area contributed by atoms with Gasteiger partial charge in [-0.3, -0.25) is 9.59 Å². The Morgan fingerprint density at radius 2 is 2.08 bits per heavy atom. The van der Waals surface area contributed by atoms with Gasteiger partial charge in [-0.1, -0.05) is 6.92 Å². The number of rotatable bonds is 5. The van der Waals surface area contributed by atoms with Crippen molar-refractivity contribution >= 4 is 11.7 Å². The number of carbonyl (C=O) groups is 2. The molecular weight excluding hydrogens is 158 g/mol. The molecule has 0 aromatic rings. The second-order valence-electron chi connectivity index (χ2n) is 2.97. The molecule has 1 amide bonds. The van der Waals surface area contributed by atoms with Crippen molar-refractivity contribution in [2.24, 2.45) is 5.92 Å². The zero-order valence-corrected chi connectivity index (χ0v) is 7.46. The van der Waals surface area contributed by atoms with Crippen LogP contribution in [-0.4, -0.2) is 29.9 Å². The molecule has 0 saturated carbocycles. The summed E-state index contributed by atoms with van der Waals surface area (Å²) in [6.07, 6.45) is -0.0713. The lowest BCUT2D eigenvalue weighted by molar-refractivity contribution is -0.127. The summed E-state index contributed by atoms with van der Waals surface area (Å²) in [5.74, 6) is -0.382. The Morgan fingerprint density at radius 1 is 1.50 bits per heavy atom. The molecule has 0 aliphatic heterocycles. The van der Waals surface area contributed by atoms with E-state index in [2.05, 4.69) is 5.32 Å². The van der Waals surface area contributed by atoms with Crippen LogP contribution < -0.4 is 5.32 Å². The van der Waals surface area contributed by atoms with E-state index >= 15 is 0 Å². The van der Waals surface area contributed by atoms with Crippen molar-refractivity contribution in [1.82, 2.24) is 5.32 Å². The van der Waals surface area contributed by atoms with E-state index < -0.39 is 0 Å². The molecule has 12 heavy (non-hydrogen) atoms. The largest absolute Gasteiger partial charge is 0.396 e. The van der Waals surface area contributed by atoms with E-state index in [4.69, 9.17) is 5.11 Å². The first-order valence-corrected chi connectivity index (χ1v) is 3.93. The molecule has 0 aliphatic rings. The second-order valence-corrected chi connectivity index (χ2v) is 2.97. The van der Waals surface area contributed by atoms with Crippen molar-refractivity contribution in [3.8, 4) is 0 Å². The van der Waals surface area contributed by atoms with Crippen LogP contribution in [0.15, 0.2) is 0 Å². The predicted octanol–water partition coefficient (Wildman–Crippen LogP) is -0.290. The van der Waals surface area contributed by atoms with Crippen LogP contribution in [0.4, 0.5) is 0 Å². The van der Waals surface area contributed by atoms with Crippen LogP contribution in [0.2, 0.25) is 0 Å². The van der Waals surface area contributed by atoms with Crippen molar-refractivity contribution in [3.05, 3.63) is 0 Å². The molecule has 0 rings (SSSR count). The van der Waals surface area contributed by atoms with Crippen LogP contribution in [0.3, 0.4) is 0 Å². The summed E-state index contributed by atoms with van der Waals surface area (Å²) in [5.41, 5.74) is 0. The van der Waals surface area contributed by atoms with Crippen LogP contribution in [0.25, 0.3) is 0 Å². The van der Waals surface area contributed by atoms with E-state index in [-0.39, 0.29) is 30.6 Å². The molecular formula is C8H15NO3. The van der Waals surface area contributed by atoms with E-state index in [1.807, 2.05) is 6.92 Å². The van der Waals surface area contributed by atoms with Crippen LogP contribution in [-0.2, 0) is 9.59 Å². The maximum absolute atomic E-state index is 10.9. The monoisotopic (exact) mass is 173 g/mol. The van der Waals surface area contributed by atoms with Crippen LogP contribution >= 0.6 is 0 Å². The minimum absolute atomic E-state index is 0.0420. The topological polar surface area (TPSA) is 66.4 Å². The van der Waals surface area contributed by atoms with Crippen LogP contribution in [0.5, 0.6) is 0 Å². The first-order valence-electron chi connectivity index (χ1n) is 3.93. The first kappa shape index (κ1) is 11.1. The van der Waals surface area contributed by atoms with Gasteiger partial charge in [-0.05, 0) is 12.8 Å². The SMILES string of the molecule is CC(=O)CC(=O)NCC(C)CO. The number of aliphatic hydroxyl groups is 1. The summed E-state index contributed by atoms with van der Waals surface area (Å²) in [4.78, 5) is 21.3. The Balaban J connectivity index is 3.50. The number of amides is 1. The summed E-state index contributed by atoms with van der Waals surface area (Å²) in [7, 11) is 0. The second kappa shape index (κ2) is 5.71. The lowest BCUT2D eigenvalue weighted by atomic mass is 10.2. The van der Waals surface area contributed by atoms with E-state index in [1.54, 1.807) is 0 Å². The number of carbonyl (C=O) groups excluding carboxylic acids is 2. The minimum atomic E-state index is -0.275. The van der Waals surface area contributed by atoms with E-state index in [9.17, 15) is 9.59 Å². The number of hydrogen-bond donors (Lipinski definition) is 2. The Labute approximate surface area is 72.0 Å². The highest BCUT2D eigenvalue weighted by Gasteiger charge is 2.06. The molecule has 0 spiro atoms. The van der Waals surface area contributed by atoms with Crippen molar-refractivity contribution < 1.29 is 14.7 Å². The molecule has 1 atom stereocenters. The fraction of sp³-hybridized carbons (Fsp3) is 0.750. The molecule has 4 heteroatoms. The van der Waals surface area contributed by atoms with Gasteiger partial charge in [-0.2, -0.15) is 0 Å². The molecule has 4 nitrogen and oxygen atoms in total. The summed E-state index contributed by atoms with van der Waals surface area (Å²) in [6.45, 7) is 3.64. The molecule has 70 valence electrons. The Kier molecular flexibility index (Phi) is 5.28. The number of ketones is 1. The normalized spacial score (nSPS) is 12.2. The van der Waals surface area contributed by atoms with Gasteiger partial charge >= 0.3 is 0 Å². The predicted molar refractivity (Wildman–Crippen MR) is 44.6 cm³/mol. The third-order valence-electron chi connectivity index (χ3n) is 1.37. The number of aliphatic hydroxyl groups excluding tert-OH is 1. The van der Waals surface area contributed by atoms with Gasteiger partial charge in [0.05, 0.1) is 6.42 Å². The highest BCUT2D eigenvalue weighted by molar-refractivity contribution is 5.96. The van der Waals surface area contributed by atoms with Gasteiger partial charge < -0.3 is 10.4 Å². The highest BCUT2D eigenvalue weighted by atomic mass is 16.3. The van der Waals surface area contributed by atoms with Crippen molar-refractivity contribution in [2.75, 3.05) is 13.2 Å². The minimum Gasteiger partial charge on any atom is -0.396 e. The third-order valence-corrected chi connectivity index (χ3v) is 1.37. The third kappa shape index (κ3) is 5.85. The summed E-state index contributed by atoms with van der Waals surface area (Å²) in [6, 6.07) is 0.